The minimum atomic E-state index is -0.489. The van der Waals surface area contributed by atoms with Crippen molar-refractivity contribution in [2.45, 2.75) is 0 Å². The SMILES string of the molecule is O=c1[nH]c(=S)c2[nH]c[n+]([O-])c2[nH]1. The van der Waals surface area contributed by atoms with Crippen LogP contribution in [0.5, 0.6) is 0 Å². The number of aromatic nitrogens is 4. The highest BCUT2D eigenvalue weighted by Crippen LogP contribution is 1.99. The molecule has 0 amide bonds. The van der Waals surface area contributed by atoms with E-state index >= 15 is 0 Å². The Hall–Kier alpha value is -1.63. The third kappa shape index (κ3) is 0.832. The first-order valence-electron chi connectivity index (χ1n) is 3.11. The van der Waals surface area contributed by atoms with Crippen LogP contribution in [0.3, 0.4) is 0 Å². The molecule has 0 aliphatic rings. The summed E-state index contributed by atoms with van der Waals surface area (Å²) in [5.41, 5.74) is 0.0834. The van der Waals surface area contributed by atoms with E-state index in [0.29, 0.717) is 10.2 Å². The molecule has 2 aromatic rings. The van der Waals surface area contributed by atoms with Crippen molar-refractivity contribution in [2.75, 3.05) is 0 Å². The highest BCUT2D eigenvalue weighted by molar-refractivity contribution is 7.71. The van der Waals surface area contributed by atoms with Crippen LogP contribution in [0.1, 0.15) is 0 Å². The van der Waals surface area contributed by atoms with Crippen molar-refractivity contribution in [1.82, 2.24) is 15.0 Å². The van der Waals surface area contributed by atoms with Gasteiger partial charge in [-0.3, -0.25) is 14.7 Å². The molecule has 62 valence electrons. The van der Waals surface area contributed by atoms with Crippen molar-refractivity contribution in [3.05, 3.63) is 26.7 Å². The lowest BCUT2D eigenvalue weighted by atomic mass is 10.6. The monoisotopic (exact) mass is 184 g/mol. The summed E-state index contributed by atoms with van der Waals surface area (Å²) in [6, 6.07) is 0. The molecule has 0 saturated heterocycles. The maximum atomic E-state index is 10.9. The highest BCUT2D eigenvalue weighted by atomic mass is 32.1. The van der Waals surface area contributed by atoms with E-state index in [1.54, 1.807) is 0 Å². The average Bonchev–Trinajstić information content (AvgIpc) is 2.33. The van der Waals surface area contributed by atoms with Gasteiger partial charge in [0.05, 0.1) is 0 Å². The van der Waals surface area contributed by atoms with Gasteiger partial charge < -0.3 is 5.21 Å². The molecule has 0 spiro atoms. The summed E-state index contributed by atoms with van der Waals surface area (Å²) in [7, 11) is 0. The minimum absolute atomic E-state index is 0.142. The summed E-state index contributed by atoms with van der Waals surface area (Å²) in [6.45, 7) is 0. The van der Waals surface area contributed by atoms with Crippen molar-refractivity contribution in [3.63, 3.8) is 0 Å². The number of nitrogens with zero attached hydrogens (tertiary/aromatic N) is 1. The van der Waals surface area contributed by atoms with Crippen LogP contribution in [-0.4, -0.2) is 15.0 Å². The Kier molecular flexibility index (Phi) is 1.28. The van der Waals surface area contributed by atoms with Gasteiger partial charge in [-0.05, 0) is 0 Å². The summed E-state index contributed by atoms with van der Waals surface area (Å²) >= 11 is 4.80. The van der Waals surface area contributed by atoms with E-state index in [4.69, 9.17) is 12.2 Å². The summed E-state index contributed by atoms with van der Waals surface area (Å²) in [5.74, 6) is 0. The Labute approximate surface area is 70.5 Å². The summed E-state index contributed by atoms with van der Waals surface area (Å²) in [6.07, 6.45) is 1.17. The molecule has 0 fully saturated rings. The van der Waals surface area contributed by atoms with Crippen LogP contribution in [-0.2, 0) is 0 Å². The first kappa shape index (κ1) is 7.04. The first-order chi connectivity index (χ1) is 5.68. The van der Waals surface area contributed by atoms with Gasteiger partial charge in [0.2, 0.25) is 5.52 Å². The number of aromatic amines is 3. The van der Waals surface area contributed by atoms with Gasteiger partial charge in [0.1, 0.15) is 0 Å². The molecule has 0 aliphatic heterocycles. The van der Waals surface area contributed by atoms with Crippen molar-refractivity contribution in [2.24, 2.45) is 0 Å². The number of hydrogen-bond acceptors (Lipinski definition) is 3. The van der Waals surface area contributed by atoms with Crippen LogP contribution in [0.2, 0.25) is 0 Å². The van der Waals surface area contributed by atoms with E-state index in [1.807, 2.05) is 0 Å². The number of H-pyrrole nitrogens is 3. The quantitative estimate of drug-likeness (QED) is 0.294. The van der Waals surface area contributed by atoms with Gasteiger partial charge in [-0.2, -0.15) is 0 Å². The molecule has 0 aliphatic carbocycles. The third-order valence-electron chi connectivity index (χ3n) is 1.47. The second-order valence-corrected chi connectivity index (χ2v) is 2.64. The van der Waals surface area contributed by atoms with E-state index in [-0.39, 0.29) is 10.3 Å². The van der Waals surface area contributed by atoms with Gasteiger partial charge in [0, 0.05) is 0 Å². The van der Waals surface area contributed by atoms with E-state index in [9.17, 15) is 10.0 Å². The zero-order valence-electron chi connectivity index (χ0n) is 5.75. The topological polar surface area (TPSA) is 91.4 Å². The fraction of sp³-hybridized carbons (Fsp3) is 0. The van der Waals surface area contributed by atoms with E-state index < -0.39 is 5.69 Å². The number of rotatable bonds is 0. The van der Waals surface area contributed by atoms with Crippen molar-refractivity contribution in [3.8, 4) is 0 Å². The molecule has 2 heterocycles. The van der Waals surface area contributed by atoms with E-state index in [1.165, 1.54) is 6.33 Å². The number of hydrogen-bond donors (Lipinski definition) is 3. The molecule has 0 radical (unpaired) electrons. The predicted molar refractivity (Wildman–Crippen MR) is 43.1 cm³/mol. The van der Waals surface area contributed by atoms with Crippen LogP contribution >= 0.6 is 12.2 Å². The second-order valence-electron chi connectivity index (χ2n) is 2.23. The van der Waals surface area contributed by atoms with Crippen LogP contribution in [0.15, 0.2) is 11.1 Å². The number of nitrogens with one attached hydrogen (secondary N) is 3. The highest BCUT2D eigenvalue weighted by Gasteiger charge is 2.06. The Morgan fingerprint density at radius 2 is 2.25 bits per heavy atom. The average molecular weight is 184 g/mol. The Balaban J connectivity index is 3.13. The second kappa shape index (κ2) is 2.18. The fourth-order valence-electron chi connectivity index (χ4n) is 0.961. The Morgan fingerprint density at radius 3 is 3.00 bits per heavy atom. The molecule has 0 saturated carbocycles. The number of imidazole rings is 1. The van der Waals surface area contributed by atoms with Gasteiger partial charge in [0.15, 0.2) is 11.0 Å². The maximum absolute atomic E-state index is 10.9. The van der Waals surface area contributed by atoms with Crippen molar-refractivity contribution in [1.29, 1.82) is 0 Å². The lowest BCUT2D eigenvalue weighted by Crippen LogP contribution is -2.26. The van der Waals surface area contributed by atoms with Gasteiger partial charge in [-0.15, -0.1) is 0 Å². The maximum Gasteiger partial charge on any atom is 0.382 e. The summed E-state index contributed by atoms with van der Waals surface area (Å²) < 4.78 is 0.740. The minimum Gasteiger partial charge on any atom is -0.740 e. The largest absolute Gasteiger partial charge is 0.740 e. The van der Waals surface area contributed by atoms with Gasteiger partial charge in [-0.25, -0.2) is 9.78 Å². The van der Waals surface area contributed by atoms with Crippen LogP contribution in [0, 0.1) is 9.85 Å². The Morgan fingerprint density at radius 1 is 1.50 bits per heavy atom. The van der Waals surface area contributed by atoms with E-state index in [0.717, 1.165) is 0 Å². The molecule has 0 unspecified atom stereocenters. The molecular weight excluding hydrogens is 180 g/mol. The first-order valence-corrected chi connectivity index (χ1v) is 3.52. The molecule has 0 atom stereocenters. The van der Waals surface area contributed by atoms with Gasteiger partial charge in [0.25, 0.3) is 5.65 Å². The lowest BCUT2D eigenvalue weighted by molar-refractivity contribution is -0.579. The molecule has 2 aromatic heterocycles. The molecule has 3 N–H and O–H groups in total. The Bertz CT molecular complexity index is 536. The van der Waals surface area contributed by atoms with Crippen LogP contribution < -0.4 is 10.4 Å². The molecule has 6 nitrogen and oxygen atoms in total. The third-order valence-corrected chi connectivity index (χ3v) is 1.78. The molecule has 7 heteroatoms. The predicted octanol–water partition coefficient (Wildman–Crippen LogP) is -0.453. The normalized spacial score (nSPS) is 10.7. The lowest BCUT2D eigenvalue weighted by Gasteiger charge is -1.94. The summed E-state index contributed by atoms with van der Waals surface area (Å²) in [5, 5.41) is 10.9. The van der Waals surface area contributed by atoms with Crippen molar-refractivity contribution < 1.29 is 4.73 Å². The summed E-state index contributed by atoms with van der Waals surface area (Å²) in [4.78, 5) is 18.1. The van der Waals surface area contributed by atoms with Crippen LogP contribution in [0.25, 0.3) is 11.2 Å². The van der Waals surface area contributed by atoms with Gasteiger partial charge >= 0.3 is 5.69 Å². The van der Waals surface area contributed by atoms with Gasteiger partial charge in [-0.1, -0.05) is 12.2 Å². The molecule has 2 rings (SSSR count). The fourth-order valence-corrected chi connectivity index (χ4v) is 1.21. The molecule has 0 aromatic carbocycles. The van der Waals surface area contributed by atoms with E-state index in [2.05, 4.69) is 15.0 Å². The molecule has 12 heavy (non-hydrogen) atoms. The standard InChI is InChI=1S/C5H4N4O2S/c10-5-7-3-2(4(12)8-5)6-1-9(3)11/h1,6H,(H2,7,8,10,12). The zero-order valence-corrected chi connectivity index (χ0v) is 6.57. The molecular formula is C5H4N4O2S. The zero-order chi connectivity index (χ0) is 8.72. The van der Waals surface area contributed by atoms with Crippen LogP contribution in [0.4, 0.5) is 0 Å². The smallest absolute Gasteiger partial charge is 0.382 e. The number of fused-ring (bicyclic) bond motifs is 1. The van der Waals surface area contributed by atoms with Crippen molar-refractivity contribution >= 4 is 23.4 Å². The molecule has 0 bridgehead atoms.